The average molecular weight is 220 g/mol. The van der Waals surface area contributed by atoms with Gasteiger partial charge in [0.05, 0.1) is 6.61 Å². The Morgan fingerprint density at radius 3 is 3.14 bits per heavy atom. The molecular formula is C6H9FN4O2S. The highest BCUT2D eigenvalue weighted by Gasteiger charge is 2.22. The van der Waals surface area contributed by atoms with Crippen molar-refractivity contribution in [3.8, 4) is 0 Å². The standard InChI is InChI=1S/C6H9FN4O2S/c1-2-13-5(12)4(7)14-6-10-9-3-11(6)8/h3-4H,2,8H2,1H3. The van der Waals surface area contributed by atoms with Crippen LogP contribution in [0.5, 0.6) is 0 Å². The van der Waals surface area contributed by atoms with E-state index in [9.17, 15) is 9.18 Å². The molecule has 78 valence electrons. The molecule has 14 heavy (non-hydrogen) atoms. The van der Waals surface area contributed by atoms with Crippen molar-refractivity contribution in [1.82, 2.24) is 14.9 Å². The monoisotopic (exact) mass is 220 g/mol. The first-order valence-electron chi connectivity index (χ1n) is 3.77. The molecule has 0 fully saturated rings. The molecule has 1 aromatic heterocycles. The largest absolute Gasteiger partial charge is 0.463 e. The normalized spacial score (nSPS) is 12.4. The Morgan fingerprint density at radius 2 is 2.64 bits per heavy atom. The van der Waals surface area contributed by atoms with Crippen LogP contribution in [-0.4, -0.2) is 33.0 Å². The van der Waals surface area contributed by atoms with E-state index in [1.807, 2.05) is 0 Å². The van der Waals surface area contributed by atoms with Crippen LogP contribution in [0.25, 0.3) is 0 Å². The first-order chi connectivity index (χ1) is 6.65. The molecule has 0 aliphatic carbocycles. The zero-order valence-corrected chi connectivity index (χ0v) is 8.20. The van der Waals surface area contributed by atoms with E-state index < -0.39 is 11.5 Å². The smallest absolute Gasteiger partial charge is 0.351 e. The number of rotatable bonds is 4. The molecule has 0 aliphatic rings. The van der Waals surface area contributed by atoms with Crippen LogP contribution in [0.4, 0.5) is 4.39 Å². The Bertz CT molecular complexity index is 319. The van der Waals surface area contributed by atoms with Crippen molar-refractivity contribution in [3.63, 3.8) is 0 Å². The number of ether oxygens (including phenoxy) is 1. The van der Waals surface area contributed by atoms with E-state index in [0.717, 1.165) is 4.68 Å². The summed E-state index contributed by atoms with van der Waals surface area (Å²) in [7, 11) is 0. The summed E-state index contributed by atoms with van der Waals surface area (Å²) >= 11 is 0.548. The molecular weight excluding hydrogens is 211 g/mol. The Hall–Kier alpha value is -1.31. The summed E-state index contributed by atoms with van der Waals surface area (Å²) < 4.78 is 18.6. The molecule has 1 unspecified atom stereocenters. The maximum Gasteiger partial charge on any atom is 0.351 e. The quantitative estimate of drug-likeness (QED) is 0.435. The third-order valence-electron chi connectivity index (χ3n) is 1.22. The molecule has 0 radical (unpaired) electrons. The fraction of sp³-hybridized carbons (Fsp3) is 0.500. The first kappa shape index (κ1) is 10.8. The maximum atomic E-state index is 13.1. The third kappa shape index (κ3) is 2.59. The van der Waals surface area contributed by atoms with Gasteiger partial charge >= 0.3 is 5.97 Å². The molecule has 0 aromatic carbocycles. The van der Waals surface area contributed by atoms with E-state index in [1.165, 1.54) is 6.33 Å². The van der Waals surface area contributed by atoms with Gasteiger partial charge < -0.3 is 10.6 Å². The second-order valence-corrected chi connectivity index (χ2v) is 3.22. The second-order valence-electron chi connectivity index (χ2n) is 2.21. The SMILES string of the molecule is CCOC(=O)C(F)Sc1nncn1N. The van der Waals surface area contributed by atoms with Crippen LogP contribution in [0.15, 0.2) is 11.5 Å². The third-order valence-corrected chi connectivity index (χ3v) is 2.12. The minimum absolute atomic E-state index is 0.116. The van der Waals surface area contributed by atoms with Gasteiger partial charge in [-0.15, -0.1) is 10.2 Å². The van der Waals surface area contributed by atoms with Gasteiger partial charge in [0.15, 0.2) is 0 Å². The summed E-state index contributed by atoms with van der Waals surface area (Å²) in [6.45, 7) is 1.73. The molecule has 1 atom stereocenters. The number of nitrogens with zero attached hydrogens (tertiary/aromatic N) is 3. The number of thioether (sulfide) groups is 1. The van der Waals surface area contributed by atoms with Gasteiger partial charge in [-0.25, -0.2) is 13.9 Å². The van der Waals surface area contributed by atoms with Crippen LogP contribution in [0.1, 0.15) is 6.92 Å². The van der Waals surface area contributed by atoms with Crippen molar-refractivity contribution in [3.05, 3.63) is 6.33 Å². The van der Waals surface area contributed by atoms with Crippen molar-refractivity contribution in [2.24, 2.45) is 0 Å². The number of nitrogens with two attached hydrogens (primary N) is 1. The van der Waals surface area contributed by atoms with E-state index in [-0.39, 0.29) is 11.8 Å². The lowest BCUT2D eigenvalue weighted by Crippen LogP contribution is -2.17. The number of alkyl halides is 1. The Morgan fingerprint density at radius 1 is 1.93 bits per heavy atom. The van der Waals surface area contributed by atoms with E-state index in [1.54, 1.807) is 6.92 Å². The fourth-order valence-electron chi connectivity index (χ4n) is 0.665. The number of aromatic nitrogens is 3. The molecule has 6 nitrogen and oxygen atoms in total. The van der Waals surface area contributed by atoms with E-state index in [0.29, 0.717) is 11.8 Å². The van der Waals surface area contributed by atoms with Crippen molar-refractivity contribution in [1.29, 1.82) is 0 Å². The van der Waals surface area contributed by atoms with Crippen LogP contribution in [-0.2, 0) is 9.53 Å². The van der Waals surface area contributed by atoms with Gasteiger partial charge in [-0.05, 0) is 18.7 Å². The summed E-state index contributed by atoms with van der Waals surface area (Å²) in [5.74, 6) is 4.37. The van der Waals surface area contributed by atoms with Gasteiger partial charge in [-0.1, -0.05) is 0 Å². The summed E-state index contributed by atoms with van der Waals surface area (Å²) in [6.07, 6.45) is 1.21. The van der Waals surface area contributed by atoms with Crippen LogP contribution in [0, 0.1) is 0 Å². The molecule has 1 aromatic rings. The molecule has 0 bridgehead atoms. The molecule has 1 rings (SSSR count). The lowest BCUT2D eigenvalue weighted by Gasteiger charge is -2.05. The van der Waals surface area contributed by atoms with Crippen LogP contribution < -0.4 is 5.84 Å². The number of halogens is 1. The van der Waals surface area contributed by atoms with Crippen molar-refractivity contribution in [2.75, 3.05) is 12.4 Å². The number of carbonyl (C=O) groups is 1. The number of carbonyl (C=O) groups excluding carboxylic acids is 1. The van der Waals surface area contributed by atoms with Crippen LogP contribution in [0.2, 0.25) is 0 Å². The molecule has 0 aliphatic heterocycles. The lowest BCUT2D eigenvalue weighted by atomic mass is 10.7. The van der Waals surface area contributed by atoms with Crippen LogP contribution >= 0.6 is 11.8 Å². The van der Waals surface area contributed by atoms with Gasteiger partial charge in [0.1, 0.15) is 6.33 Å². The number of hydrogen-bond donors (Lipinski definition) is 1. The van der Waals surface area contributed by atoms with Gasteiger partial charge in [0, 0.05) is 0 Å². The van der Waals surface area contributed by atoms with Gasteiger partial charge in [-0.3, -0.25) is 0 Å². The second kappa shape index (κ2) is 4.80. The van der Waals surface area contributed by atoms with Crippen molar-refractivity contribution < 1.29 is 13.9 Å². The minimum atomic E-state index is -1.83. The van der Waals surface area contributed by atoms with Crippen LogP contribution in [0.3, 0.4) is 0 Å². The number of nitrogen functional groups attached to an aromatic ring is 1. The molecule has 0 amide bonds. The molecule has 1 heterocycles. The van der Waals surface area contributed by atoms with Gasteiger partial charge in [0.2, 0.25) is 10.7 Å². The summed E-state index contributed by atoms with van der Waals surface area (Å²) in [6, 6.07) is 0. The van der Waals surface area contributed by atoms with Crippen molar-refractivity contribution in [2.45, 2.75) is 17.6 Å². The molecule has 8 heteroatoms. The molecule has 2 N–H and O–H groups in total. The maximum absolute atomic E-state index is 13.1. The topological polar surface area (TPSA) is 83.0 Å². The predicted octanol–water partition coefficient (Wildman–Crippen LogP) is -0.0573. The molecule has 0 spiro atoms. The number of esters is 1. The molecule has 0 saturated heterocycles. The first-order valence-corrected chi connectivity index (χ1v) is 4.65. The summed E-state index contributed by atoms with van der Waals surface area (Å²) in [4.78, 5) is 10.9. The summed E-state index contributed by atoms with van der Waals surface area (Å²) in [5.41, 5.74) is -1.83. The Balaban J connectivity index is 2.52. The molecule has 0 saturated carbocycles. The van der Waals surface area contributed by atoms with Gasteiger partial charge in [0.25, 0.3) is 0 Å². The lowest BCUT2D eigenvalue weighted by molar-refractivity contribution is -0.145. The minimum Gasteiger partial charge on any atom is -0.463 e. The highest BCUT2D eigenvalue weighted by Crippen LogP contribution is 2.21. The van der Waals surface area contributed by atoms with Crippen molar-refractivity contribution >= 4 is 17.7 Å². The number of hydrogen-bond acceptors (Lipinski definition) is 6. The Kier molecular flexibility index (Phi) is 3.69. The van der Waals surface area contributed by atoms with E-state index in [2.05, 4.69) is 14.9 Å². The predicted molar refractivity (Wildman–Crippen MR) is 47.6 cm³/mol. The zero-order chi connectivity index (χ0) is 10.6. The highest BCUT2D eigenvalue weighted by atomic mass is 32.2. The zero-order valence-electron chi connectivity index (χ0n) is 7.38. The average Bonchev–Trinajstić information content (AvgIpc) is 2.52. The highest BCUT2D eigenvalue weighted by molar-refractivity contribution is 8.00. The fourth-order valence-corrected chi connectivity index (χ4v) is 1.28. The van der Waals surface area contributed by atoms with Gasteiger partial charge in [-0.2, -0.15) is 0 Å². The summed E-state index contributed by atoms with van der Waals surface area (Å²) in [5, 5.41) is 7.05. The Labute approximate surface area is 83.6 Å². The van der Waals surface area contributed by atoms with E-state index >= 15 is 0 Å². The van der Waals surface area contributed by atoms with E-state index in [4.69, 9.17) is 5.84 Å².